The Morgan fingerprint density at radius 2 is 1.90 bits per heavy atom. The molecule has 0 bridgehead atoms. The average molecular weight is 315 g/mol. The standard InChI is InChI=1S/C13H14FNO3S2/c1-10-2-7-13(19-10)20(16,17)15-8-9-18-12-5-3-11(14)4-6-12/h2-7,15H,8-9H2,1H3. The number of hydrogen-bond donors (Lipinski definition) is 1. The van der Waals surface area contributed by atoms with Crippen LogP contribution in [0.1, 0.15) is 4.88 Å². The van der Waals surface area contributed by atoms with Gasteiger partial charge in [-0.05, 0) is 43.3 Å². The number of halogens is 1. The van der Waals surface area contributed by atoms with Crippen molar-refractivity contribution in [3.63, 3.8) is 0 Å². The molecule has 0 spiro atoms. The SMILES string of the molecule is Cc1ccc(S(=O)(=O)NCCOc2ccc(F)cc2)s1. The molecule has 0 aliphatic heterocycles. The summed E-state index contributed by atoms with van der Waals surface area (Å²) >= 11 is 1.22. The molecule has 108 valence electrons. The first-order valence-corrected chi connectivity index (χ1v) is 8.22. The molecule has 20 heavy (non-hydrogen) atoms. The monoisotopic (exact) mass is 315 g/mol. The van der Waals surface area contributed by atoms with Crippen molar-refractivity contribution in [3.8, 4) is 5.75 Å². The van der Waals surface area contributed by atoms with Crippen LogP contribution in [0, 0.1) is 12.7 Å². The van der Waals surface area contributed by atoms with Crippen LogP contribution in [0.3, 0.4) is 0 Å². The molecule has 0 aliphatic rings. The van der Waals surface area contributed by atoms with Crippen molar-refractivity contribution in [2.24, 2.45) is 0 Å². The van der Waals surface area contributed by atoms with Gasteiger partial charge in [-0.1, -0.05) is 0 Å². The summed E-state index contributed by atoms with van der Waals surface area (Å²) in [6.07, 6.45) is 0. The largest absolute Gasteiger partial charge is 0.492 e. The number of ether oxygens (including phenoxy) is 1. The van der Waals surface area contributed by atoms with Crippen molar-refractivity contribution in [2.45, 2.75) is 11.1 Å². The quantitative estimate of drug-likeness (QED) is 0.834. The van der Waals surface area contributed by atoms with Crippen molar-refractivity contribution >= 4 is 21.4 Å². The second kappa shape index (κ2) is 6.34. The fourth-order valence-corrected chi connectivity index (χ4v) is 3.84. The summed E-state index contributed by atoms with van der Waals surface area (Å²) in [7, 11) is -3.47. The number of aryl methyl sites for hydroxylation is 1. The molecule has 1 heterocycles. The Labute approximate surface area is 121 Å². The van der Waals surface area contributed by atoms with E-state index in [4.69, 9.17) is 4.74 Å². The third-order valence-electron chi connectivity index (χ3n) is 2.46. The highest BCUT2D eigenvalue weighted by molar-refractivity contribution is 7.91. The summed E-state index contributed by atoms with van der Waals surface area (Å²) < 4.78 is 44.5. The van der Waals surface area contributed by atoms with Gasteiger partial charge in [-0.2, -0.15) is 0 Å². The molecular formula is C13H14FNO3S2. The normalized spacial score (nSPS) is 11.5. The molecule has 0 saturated heterocycles. The molecule has 1 aromatic carbocycles. The average Bonchev–Trinajstić information content (AvgIpc) is 2.84. The Bertz CT molecular complexity index is 665. The minimum Gasteiger partial charge on any atom is -0.492 e. The summed E-state index contributed by atoms with van der Waals surface area (Å²) in [5.74, 6) is 0.156. The first-order valence-electron chi connectivity index (χ1n) is 5.92. The van der Waals surface area contributed by atoms with Gasteiger partial charge in [0.05, 0.1) is 0 Å². The highest BCUT2D eigenvalue weighted by atomic mass is 32.2. The van der Waals surface area contributed by atoms with Crippen LogP contribution in [0.15, 0.2) is 40.6 Å². The van der Waals surface area contributed by atoms with Gasteiger partial charge in [-0.3, -0.25) is 0 Å². The summed E-state index contributed by atoms with van der Waals surface area (Å²) in [4.78, 5) is 0.938. The van der Waals surface area contributed by atoms with Gasteiger partial charge in [0.2, 0.25) is 10.0 Å². The van der Waals surface area contributed by atoms with Gasteiger partial charge in [0.15, 0.2) is 0 Å². The molecule has 1 aromatic heterocycles. The minimum atomic E-state index is -3.47. The van der Waals surface area contributed by atoms with Gasteiger partial charge in [0, 0.05) is 11.4 Å². The molecule has 2 aromatic rings. The molecule has 0 atom stereocenters. The number of nitrogens with one attached hydrogen (secondary N) is 1. The van der Waals surface area contributed by atoms with Crippen LogP contribution in [0.4, 0.5) is 4.39 Å². The first kappa shape index (κ1) is 15.0. The number of rotatable bonds is 6. The van der Waals surface area contributed by atoms with Crippen molar-refractivity contribution in [3.05, 3.63) is 47.1 Å². The third-order valence-corrected chi connectivity index (χ3v) is 5.41. The maximum Gasteiger partial charge on any atom is 0.250 e. The summed E-state index contributed by atoms with van der Waals surface area (Å²) in [6.45, 7) is 2.17. The topological polar surface area (TPSA) is 55.4 Å². The van der Waals surface area contributed by atoms with Crippen LogP contribution in [0.25, 0.3) is 0 Å². The Hall–Kier alpha value is -1.44. The fourth-order valence-electron chi connectivity index (χ4n) is 1.50. The van der Waals surface area contributed by atoms with Crippen LogP contribution in [-0.4, -0.2) is 21.6 Å². The lowest BCUT2D eigenvalue weighted by molar-refractivity contribution is 0.322. The van der Waals surface area contributed by atoms with Gasteiger partial charge < -0.3 is 4.74 Å². The maximum atomic E-state index is 12.7. The van der Waals surface area contributed by atoms with E-state index in [1.807, 2.05) is 6.92 Å². The molecule has 7 heteroatoms. The van der Waals surface area contributed by atoms with Gasteiger partial charge in [0.25, 0.3) is 0 Å². The smallest absolute Gasteiger partial charge is 0.250 e. The van der Waals surface area contributed by atoms with Gasteiger partial charge in [-0.25, -0.2) is 17.5 Å². The molecule has 1 N–H and O–H groups in total. The number of benzene rings is 1. The van der Waals surface area contributed by atoms with Crippen molar-refractivity contribution in [1.82, 2.24) is 4.72 Å². The molecule has 0 aliphatic carbocycles. The lowest BCUT2D eigenvalue weighted by Gasteiger charge is -2.07. The third kappa shape index (κ3) is 4.03. The zero-order chi connectivity index (χ0) is 14.6. The van der Waals surface area contributed by atoms with E-state index in [9.17, 15) is 12.8 Å². The van der Waals surface area contributed by atoms with E-state index in [1.54, 1.807) is 12.1 Å². The molecule has 0 radical (unpaired) electrons. The zero-order valence-corrected chi connectivity index (χ0v) is 12.4. The van der Waals surface area contributed by atoms with E-state index in [2.05, 4.69) is 4.72 Å². The van der Waals surface area contributed by atoms with E-state index in [0.717, 1.165) is 4.88 Å². The zero-order valence-electron chi connectivity index (χ0n) is 10.8. The Morgan fingerprint density at radius 3 is 2.50 bits per heavy atom. The molecule has 2 rings (SSSR count). The van der Waals surface area contributed by atoms with Gasteiger partial charge in [0.1, 0.15) is 22.4 Å². The van der Waals surface area contributed by atoms with Crippen LogP contribution in [0.2, 0.25) is 0 Å². The minimum absolute atomic E-state index is 0.149. The second-order valence-electron chi connectivity index (χ2n) is 4.07. The Balaban J connectivity index is 1.82. The van der Waals surface area contributed by atoms with E-state index < -0.39 is 10.0 Å². The van der Waals surface area contributed by atoms with E-state index in [-0.39, 0.29) is 23.2 Å². The maximum absolute atomic E-state index is 12.7. The van der Waals surface area contributed by atoms with Gasteiger partial charge >= 0.3 is 0 Å². The number of sulfonamides is 1. The van der Waals surface area contributed by atoms with Crippen LogP contribution in [-0.2, 0) is 10.0 Å². The highest BCUT2D eigenvalue weighted by Crippen LogP contribution is 2.20. The Kier molecular flexibility index (Phi) is 4.74. The molecule has 4 nitrogen and oxygen atoms in total. The van der Waals surface area contributed by atoms with Crippen LogP contribution < -0.4 is 9.46 Å². The lowest BCUT2D eigenvalue weighted by atomic mass is 10.3. The summed E-state index contributed by atoms with van der Waals surface area (Å²) in [5.41, 5.74) is 0. The summed E-state index contributed by atoms with van der Waals surface area (Å²) in [5, 5.41) is 0. The van der Waals surface area contributed by atoms with E-state index in [0.29, 0.717) is 5.75 Å². The first-order chi connectivity index (χ1) is 9.47. The Morgan fingerprint density at radius 1 is 1.20 bits per heavy atom. The van der Waals surface area contributed by atoms with Crippen molar-refractivity contribution in [1.29, 1.82) is 0 Å². The highest BCUT2D eigenvalue weighted by Gasteiger charge is 2.15. The predicted molar refractivity (Wildman–Crippen MR) is 76.1 cm³/mol. The molecule has 0 amide bonds. The lowest BCUT2D eigenvalue weighted by Crippen LogP contribution is -2.27. The second-order valence-corrected chi connectivity index (χ2v) is 7.35. The van der Waals surface area contributed by atoms with Gasteiger partial charge in [-0.15, -0.1) is 11.3 Å². The van der Waals surface area contributed by atoms with Crippen LogP contribution in [0.5, 0.6) is 5.75 Å². The summed E-state index contributed by atoms with van der Waals surface area (Å²) in [6, 6.07) is 8.89. The molecule has 0 unspecified atom stereocenters. The van der Waals surface area contributed by atoms with Crippen molar-refractivity contribution in [2.75, 3.05) is 13.2 Å². The van der Waals surface area contributed by atoms with E-state index in [1.165, 1.54) is 35.6 Å². The molecule has 0 saturated carbocycles. The van der Waals surface area contributed by atoms with Crippen molar-refractivity contribution < 1.29 is 17.5 Å². The van der Waals surface area contributed by atoms with E-state index >= 15 is 0 Å². The molecule has 0 fully saturated rings. The number of hydrogen-bond acceptors (Lipinski definition) is 4. The number of thiophene rings is 1. The fraction of sp³-hybridized carbons (Fsp3) is 0.231. The van der Waals surface area contributed by atoms with Crippen LogP contribution >= 0.6 is 11.3 Å². The predicted octanol–water partition coefficient (Wildman–Crippen LogP) is 2.55. The molecular weight excluding hydrogens is 301 g/mol.